The van der Waals surface area contributed by atoms with Crippen molar-refractivity contribution in [2.75, 3.05) is 0 Å². The van der Waals surface area contributed by atoms with Crippen molar-refractivity contribution in [3.05, 3.63) is 38.3 Å². The number of aliphatic carboxylic acids is 1. The minimum absolute atomic E-state index is 0.168. The molecule has 0 aliphatic heterocycles. The summed E-state index contributed by atoms with van der Waals surface area (Å²) in [5, 5.41) is 19.5. The van der Waals surface area contributed by atoms with Crippen LogP contribution in [0.25, 0.3) is 0 Å². The molecule has 1 aromatic rings. The number of nitro groups is 1. The maximum absolute atomic E-state index is 10.9. The van der Waals surface area contributed by atoms with E-state index < -0.39 is 16.4 Å². The summed E-state index contributed by atoms with van der Waals surface area (Å²) in [6, 6.07) is 3.88. The molecule has 1 atom stereocenters. The van der Waals surface area contributed by atoms with Gasteiger partial charge in [-0.2, -0.15) is 0 Å². The number of hydrogen-bond acceptors (Lipinski definition) is 4. The lowest BCUT2D eigenvalue weighted by Gasteiger charge is -2.19. The van der Waals surface area contributed by atoms with Crippen molar-refractivity contribution in [1.29, 1.82) is 0 Å². The number of benzene rings is 1. The minimum atomic E-state index is -1.66. The molecule has 1 aromatic carbocycles. The number of rotatable bonds is 3. The summed E-state index contributed by atoms with van der Waals surface area (Å²) in [7, 11) is 0. The number of hydrogen-bond donors (Lipinski definition) is 2. The lowest BCUT2D eigenvalue weighted by molar-refractivity contribution is -0.385. The molecule has 7 heteroatoms. The Morgan fingerprint density at radius 2 is 2.12 bits per heavy atom. The van der Waals surface area contributed by atoms with Crippen LogP contribution in [0.15, 0.2) is 22.7 Å². The van der Waals surface area contributed by atoms with Crippen LogP contribution in [0.1, 0.15) is 12.5 Å². The third-order valence-electron chi connectivity index (χ3n) is 2.14. The highest BCUT2D eigenvalue weighted by molar-refractivity contribution is 9.10. The Morgan fingerprint density at radius 3 is 2.56 bits per heavy atom. The van der Waals surface area contributed by atoms with Crippen molar-refractivity contribution < 1.29 is 14.8 Å². The van der Waals surface area contributed by atoms with Gasteiger partial charge in [0.05, 0.1) is 4.92 Å². The maximum atomic E-state index is 10.9. The number of carboxylic acid groups (broad SMARTS) is 1. The van der Waals surface area contributed by atoms with Crippen LogP contribution < -0.4 is 5.73 Å². The molecular formula is C9H9BrN2O4. The molecule has 1 unspecified atom stereocenters. The van der Waals surface area contributed by atoms with Crippen LogP contribution in [0, 0.1) is 10.1 Å². The largest absolute Gasteiger partial charge is 0.480 e. The van der Waals surface area contributed by atoms with Crippen LogP contribution in [0.3, 0.4) is 0 Å². The lowest BCUT2D eigenvalue weighted by Crippen LogP contribution is -2.41. The number of nitrogens with two attached hydrogens (primary N) is 1. The Bertz CT molecular complexity index is 459. The van der Waals surface area contributed by atoms with Gasteiger partial charge in [-0.15, -0.1) is 0 Å². The molecule has 0 saturated heterocycles. The molecule has 0 amide bonds. The van der Waals surface area contributed by atoms with Gasteiger partial charge in [-0.05, 0) is 18.6 Å². The van der Waals surface area contributed by atoms with E-state index in [4.69, 9.17) is 10.8 Å². The SMILES string of the molecule is CC(N)(C(=O)O)c1cc(Br)cc([N+](=O)[O-])c1. The van der Waals surface area contributed by atoms with E-state index >= 15 is 0 Å². The van der Waals surface area contributed by atoms with Gasteiger partial charge < -0.3 is 10.8 Å². The predicted octanol–water partition coefficient (Wildman–Crippen LogP) is 1.62. The van der Waals surface area contributed by atoms with Gasteiger partial charge >= 0.3 is 5.97 Å². The quantitative estimate of drug-likeness (QED) is 0.649. The Morgan fingerprint density at radius 1 is 1.56 bits per heavy atom. The Balaban J connectivity index is 3.35. The highest BCUT2D eigenvalue weighted by atomic mass is 79.9. The third kappa shape index (κ3) is 2.37. The summed E-state index contributed by atoms with van der Waals surface area (Å²) in [5.74, 6) is -1.25. The van der Waals surface area contributed by atoms with Gasteiger partial charge in [0.2, 0.25) is 0 Å². The van der Waals surface area contributed by atoms with E-state index in [1.54, 1.807) is 0 Å². The minimum Gasteiger partial charge on any atom is -0.480 e. The normalized spacial score (nSPS) is 14.2. The summed E-state index contributed by atoms with van der Waals surface area (Å²) in [5.41, 5.74) is 3.88. The smallest absolute Gasteiger partial charge is 0.328 e. The van der Waals surface area contributed by atoms with Crippen LogP contribution in [0.4, 0.5) is 5.69 Å². The topological polar surface area (TPSA) is 106 Å². The third-order valence-corrected chi connectivity index (χ3v) is 2.60. The molecule has 0 spiro atoms. The molecule has 3 N–H and O–H groups in total. The molecule has 0 heterocycles. The second kappa shape index (κ2) is 4.18. The van der Waals surface area contributed by atoms with E-state index in [2.05, 4.69) is 15.9 Å². The summed E-state index contributed by atoms with van der Waals surface area (Å²) < 4.78 is 0.412. The monoisotopic (exact) mass is 288 g/mol. The van der Waals surface area contributed by atoms with Crippen molar-refractivity contribution in [2.24, 2.45) is 5.73 Å². The van der Waals surface area contributed by atoms with Gasteiger partial charge in [0.25, 0.3) is 5.69 Å². The lowest BCUT2D eigenvalue weighted by atomic mass is 9.93. The van der Waals surface area contributed by atoms with Gasteiger partial charge in [-0.3, -0.25) is 10.1 Å². The number of carbonyl (C=O) groups is 1. The molecular weight excluding hydrogens is 280 g/mol. The zero-order chi connectivity index (χ0) is 12.5. The van der Waals surface area contributed by atoms with Crippen LogP contribution >= 0.6 is 15.9 Å². The Labute approximate surface area is 99.3 Å². The Kier molecular flexibility index (Phi) is 3.30. The summed E-state index contributed by atoms with van der Waals surface area (Å²) in [4.78, 5) is 20.9. The maximum Gasteiger partial charge on any atom is 0.328 e. The fourth-order valence-electron chi connectivity index (χ4n) is 1.10. The van der Waals surface area contributed by atoms with Gasteiger partial charge in [0.15, 0.2) is 0 Å². The first kappa shape index (κ1) is 12.6. The van der Waals surface area contributed by atoms with Crippen LogP contribution in [-0.2, 0) is 10.3 Å². The molecule has 0 aliphatic rings. The first-order valence-corrected chi connectivity index (χ1v) is 5.02. The molecule has 86 valence electrons. The van der Waals surface area contributed by atoms with E-state index in [-0.39, 0.29) is 11.3 Å². The summed E-state index contributed by atoms with van der Waals surface area (Å²) in [6.07, 6.45) is 0. The van der Waals surface area contributed by atoms with Crippen LogP contribution in [-0.4, -0.2) is 16.0 Å². The first-order valence-electron chi connectivity index (χ1n) is 4.23. The van der Waals surface area contributed by atoms with Gasteiger partial charge in [0.1, 0.15) is 5.54 Å². The van der Waals surface area contributed by atoms with E-state index in [9.17, 15) is 14.9 Å². The molecule has 0 saturated carbocycles. The number of halogens is 1. The zero-order valence-corrected chi connectivity index (χ0v) is 9.89. The van der Waals surface area contributed by atoms with Crippen molar-refractivity contribution in [2.45, 2.75) is 12.5 Å². The molecule has 6 nitrogen and oxygen atoms in total. The molecule has 0 aromatic heterocycles. The van der Waals surface area contributed by atoms with Gasteiger partial charge in [-0.25, -0.2) is 4.79 Å². The molecule has 0 fully saturated rings. The predicted molar refractivity (Wildman–Crippen MR) is 60.0 cm³/mol. The van der Waals surface area contributed by atoms with E-state index in [0.717, 1.165) is 6.07 Å². The average molecular weight is 289 g/mol. The zero-order valence-electron chi connectivity index (χ0n) is 8.31. The average Bonchev–Trinajstić information content (AvgIpc) is 2.16. The highest BCUT2D eigenvalue weighted by Gasteiger charge is 2.31. The second-order valence-electron chi connectivity index (χ2n) is 3.46. The van der Waals surface area contributed by atoms with Crippen LogP contribution in [0.5, 0.6) is 0 Å². The number of non-ortho nitro benzene ring substituents is 1. The standard InChI is InChI=1S/C9H9BrN2O4/c1-9(11,8(13)14)5-2-6(10)4-7(3-5)12(15)16/h2-4H,11H2,1H3,(H,13,14). The highest BCUT2D eigenvalue weighted by Crippen LogP contribution is 2.27. The van der Waals surface area contributed by atoms with Crippen molar-refractivity contribution in [3.8, 4) is 0 Å². The molecule has 16 heavy (non-hydrogen) atoms. The molecule has 0 aliphatic carbocycles. The number of nitro benzene ring substituents is 1. The molecule has 1 rings (SSSR count). The van der Waals surface area contributed by atoms with Crippen LogP contribution in [0.2, 0.25) is 0 Å². The van der Waals surface area contributed by atoms with Gasteiger partial charge in [0, 0.05) is 16.6 Å². The van der Waals surface area contributed by atoms with Crippen molar-refractivity contribution >= 4 is 27.6 Å². The second-order valence-corrected chi connectivity index (χ2v) is 4.38. The van der Waals surface area contributed by atoms with Crippen molar-refractivity contribution in [1.82, 2.24) is 0 Å². The van der Waals surface area contributed by atoms with Gasteiger partial charge in [-0.1, -0.05) is 15.9 Å². The summed E-state index contributed by atoms with van der Waals surface area (Å²) >= 11 is 3.07. The number of carboxylic acids is 1. The fourth-order valence-corrected chi connectivity index (χ4v) is 1.58. The van der Waals surface area contributed by atoms with E-state index in [0.29, 0.717) is 4.47 Å². The Hall–Kier alpha value is -1.47. The van der Waals surface area contributed by atoms with E-state index in [1.165, 1.54) is 19.1 Å². The molecule has 0 bridgehead atoms. The van der Waals surface area contributed by atoms with E-state index in [1.807, 2.05) is 0 Å². The number of nitrogens with zero attached hydrogens (tertiary/aromatic N) is 1. The molecule has 0 radical (unpaired) electrons. The fraction of sp³-hybridized carbons (Fsp3) is 0.222. The summed E-state index contributed by atoms with van der Waals surface area (Å²) in [6.45, 7) is 1.28. The van der Waals surface area contributed by atoms with Crippen molar-refractivity contribution in [3.63, 3.8) is 0 Å². The first-order chi connectivity index (χ1) is 7.25.